The molecule has 2 unspecified atom stereocenters. The van der Waals surface area contributed by atoms with Crippen molar-refractivity contribution >= 4 is 17.7 Å². The second-order valence-corrected chi connectivity index (χ2v) is 5.84. The van der Waals surface area contributed by atoms with Gasteiger partial charge in [-0.3, -0.25) is 4.79 Å². The Hall–Kier alpha value is -0.250. The molecule has 0 aliphatic carbocycles. The molecule has 2 nitrogen and oxygen atoms in total. The van der Waals surface area contributed by atoms with Gasteiger partial charge in [-0.05, 0) is 38.9 Å². The van der Waals surface area contributed by atoms with Crippen LogP contribution in [-0.2, 0) is 9.53 Å². The van der Waals surface area contributed by atoms with E-state index in [1.54, 1.807) is 18.7 Å². The third-order valence-corrected chi connectivity index (χ3v) is 4.02. The van der Waals surface area contributed by atoms with Crippen LogP contribution in [0.25, 0.3) is 0 Å². The fourth-order valence-corrected chi connectivity index (χ4v) is 2.96. The van der Waals surface area contributed by atoms with Crippen LogP contribution in [-0.4, -0.2) is 29.8 Å². The van der Waals surface area contributed by atoms with E-state index < -0.39 is 6.17 Å². The van der Waals surface area contributed by atoms with Crippen LogP contribution in [0.15, 0.2) is 0 Å². The zero-order chi connectivity index (χ0) is 13.8. The number of carbonyl (C=O) groups is 1. The summed E-state index contributed by atoms with van der Waals surface area (Å²) in [5.41, 5.74) is 0. The minimum absolute atomic E-state index is 0.0185. The number of unbranched alkanes of at least 4 members (excludes halogenated alkanes) is 2. The van der Waals surface area contributed by atoms with Crippen LogP contribution in [0, 0.1) is 0 Å². The van der Waals surface area contributed by atoms with E-state index in [-0.39, 0.29) is 11.2 Å². The van der Waals surface area contributed by atoms with Gasteiger partial charge in [-0.25, -0.2) is 4.39 Å². The summed E-state index contributed by atoms with van der Waals surface area (Å²) in [6.07, 6.45) is 4.88. The summed E-state index contributed by atoms with van der Waals surface area (Å²) in [6.45, 7) is 5.97. The maximum Gasteiger partial charge on any atom is 0.319 e. The standard InChI is InChI=1S/C14H27FO2S/c1-4-9-13(14(16)17-5-2)18-11-8-6-7-10-12(3)15/h12-13H,4-11H2,1-3H3. The smallest absolute Gasteiger partial charge is 0.319 e. The average Bonchev–Trinajstić information content (AvgIpc) is 2.32. The van der Waals surface area contributed by atoms with E-state index in [1.807, 2.05) is 6.92 Å². The number of alkyl halides is 1. The van der Waals surface area contributed by atoms with Gasteiger partial charge in [-0.1, -0.05) is 26.2 Å². The van der Waals surface area contributed by atoms with Crippen LogP contribution >= 0.6 is 11.8 Å². The summed E-state index contributed by atoms with van der Waals surface area (Å²) in [4.78, 5) is 11.6. The first-order valence-corrected chi connectivity index (χ1v) is 8.09. The van der Waals surface area contributed by atoms with Crippen LogP contribution < -0.4 is 0 Å². The van der Waals surface area contributed by atoms with E-state index in [4.69, 9.17) is 4.74 Å². The van der Waals surface area contributed by atoms with Crippen molar-refractivity contribution in [3.05, 3.63) is 0 Å². The molecule has 18 heavy (non-hydrogen) atoms. The molecule has 0 aromatic rings. The molecule has 0 N–H and O–H groups in total. The SMILES string of the molecule is CCCC(SCCCCCC(C)F)C(=O)OCC. The van der Waals surface area contributed by atoms with Crippen molar-refractivity contribution in [1.82, 2.24) is 0 Å². The number of hydrogen-bond acceptors (Lipinski definition) is 3. The minimum atomic E-state index is -0.690. The molecular formula is C14H27FO2S. The lowest BCUT2D eigenvalue weighted by Gasteiger charge is -2.14. The quantitative estimate of drug-likeness (QED) is 0.415. The average molecular weight is 278 g/mol. The molecule has 4 heteroatoms. The summed E-state index contributed by atoms with van der Waals surface area (Å²) in [6, 6.07) is 0. The summed E-state index contributed by atoms with van der Waals surface area (Å²) >= 11 is 1.68. The van der Waals surface area contributed by atoms with Crippen LogP contribution in [0.5, 0.6) is 0 Å². The summed E-state index contributed by atoms with van der Waals surface area (Å²) < 4.78 is 17.6. The number of esters is 1. The first kappa shape index (κ1) is 17.8. The van der Waals surface area contributed by atoms with E-state index >= 15 is 0 Å². The molecule has 0 rings (SSSR count). The van der Waals surface area contributed by atoms with Crippen molar-refractivity contribution in [3.8, 4) is 0 Å². The number of hydrogen-bond donors (Lipinski definition) is 0. The number of halogens is 1. The maximum atomic E-state index is 12.6. The third-order valence-electron chi connectivity index (χ3n) is 2.67. The van der Waals surface area contributed by atoms with Crippen molar-refractivity contribution in [2.24, 2.45) is 0 Å². The number of rotatable bonds is 11. The molecule has 0 spiro atoms. The molecule has 0 amide bonds. The van der Waals surface area contributed by atoms with Crippen LogP contribution in [0.4, 0.5) is 4.39 Å². The van der Waals surface area contributed by atoms with Gasteiger partial charge in [0, 0.05) is 0 Å². The third kappa shape index (κ3) is 9.75. The van der Waals surface area contributed by atoms with Crippen molar-refractivity contribution in [1.29, 1.82) is 0 Å². The Kier molecular flexibility index (Phi) is 11.7. The van der Waals surface area contributed by atoms with Crippen LogP contribution in [0.2, 0.25) is 0 Å². The Labute approximate surface area is 115 Å². The normalized spacial score (nSPS) is 14.2. The van der Waals surface area contributed by atoms with E-state index in [2.05, 4.69) is 6.92 Å². The molecule has 0 aromatic carbocycles. The lowest BCUT2D eigenvalue weighted by Crippen LogP contribution is -2.20. The number of thioether (sulfide) groups is 1. The molecule has 0 saturated heterocycles. The first-order chi connectivity index (χ1) is 8.61. The molecule has 0 aromatic heterocycles. The molecule has 0 fully saturated rings. The van der Waals surface area contributed by atoms with Gasteiger partial charge in [0.25, 0.3) is 0 Å². The first-order valence-electron chi connectivity index (χ1n) is 7.04. The second-order valence-electron chi connectivity index (χ2n) is 4.53. The van der Waals surface area contributed by atoms with Crippen molar-refractivity contribution in [2.75, 3.05) is 12.4 Å². The van der Waals surface area contributed by atoms with E-state index in [9.17, 15) is 9.18 Å². The molecule has 2 atom stereocenters. The zero-order valence-corrected chi connectivity index (χ0v) is 12.7. The van der Waals surface area contributed by atoms with E-state index in [0.717, 1.165) is 37.9 Å². The molecular weight excluding hydrogens is 251 g/mol. The fraction of sp³-hybridized carbons (Fsp3) is 0.929. The van der Waals surface area contributed by atoms with E-state index in [1.165, 1.54) is 0 Å². The van der Waals surface area contributed by atoms with Crippen LogP contribution in [0.1, 0.15) is 59.3 Å². The van der Waals surface area contributed by atoms with Crippen molar-refractivity contribution < 1.29 is 13.9 Å². The van der Waals surface area contributed by atoms with Crippen molar-refractivity contribution in [3.63, 3.8) is 0 Å². The second kappa shape index (κ2) is 11.8. The van der Waals surface area contributed by atoms with Crippen LogP contribution in [0.3, 0.4) is 0 Å². The molecule has 0 aliphatic rings. The summed E-state index contributed by atoms with van der Waals surface area (Å²) in [5, 5.41) is -0.0185. The highest BCUT2D eigenvalue weighted by Gasteiger charge is 2.18. The zero-order valence-electron chi connectivity index (χ0n) is 11.9. The topological polar surface area (TPSA) is 26.3 Å². The highest BCUT2D eigenvalue weighted by Crippen LogP contribution is 2.20. The molecule has 0 aliphatic heterocycles. The molecule has 0 heterocycles. The largest absolute Gasteiger partial charge is 0.465 e. The summed E-state index contributed by atoms with van der Waals surface area (Å²) in [5.74, 6) is 0.881. The maximum absolute atomic E-state index is 12.6. The van der Waals surface area contributed by atoms with E-state index in [0.29, 0.717) is 13.0 Å². The lowest BCUT2D eigenvalue weighted by atomic mass is 10.1. The fourth-order valence-electron chi connectivity index (χ4n) is 1.70. The van der Waals surface area contributed by atoms with Gasteiger partial charge < -0.3 is 4.74 Å². The van der Waals surface area contributed by atoms with Gasteiger partial charge in [0.1, 0.15) is 5.25 Å². The van der Waals surface area contributed by atoms with Gasteiger partial charge in [0.2, 0.25) is 0 Å². The predicted molar refractivity (Wildman–Crippen MR) is 76.8 cm³/mol. The van der Waals surface area contributed by atoms with Gasteiger partial charge in [0.15, 0.2) is 0 Å². The number of carbonyl (C=O) groups excluding carboxylic acids is 1. The molecule has 0 saturated carbocycles. The number of ether oxygens (including phenoxy) is 1. The van der Waals surface area contributed by atoms with Gasteiger partial charge in [-0.2, -0.15) is 0 Å². The summed E-state index contributed by atoms with van der Waals surface area (Å²) in [7, 11) is 0. The molecule has 0 radical (unpaired) electrons. The Morgan fingerprint density at radius 1 is 1.22 bits per heavy atom. The Balaban J connectivity index is 3.66. The van der Waals surface area contributed by atoms with Gasteiger partial charge in [-0.15, -0.1) is 11.8 Å². The highest BCUT2D eigenvalue weighted by molar-refractivity contribution is 8.00. The van der Waals surface area contributed by atoms with Gasteiger partial charge in [0.05, 0.1) is 12.8 Å². The minimum Gasteiger partial charge on any atom is -0.465 e. The van der Waals surface area contributed by atoms with Crippen molar-refractivity contribution in [2.45, 2.75) is 70.7 Å². The molecule has 0 bridgehead atoms. The molecule has 108 valence electrons. The van der Waals surface area contributed by atoms with Gasteiger partial charge >= 0.3 is 5.97 Å². The predicted octanol–water partition coefficient (Wildman–Crippen LogP) is 4.37. The lowest BCUT2D eigenvalue weighted by molar-refractivity contribution is -0.142. The Morgan fingerprint density at radius 3 is 2.50 bits per heavy atom. The Bertz CT molecular complexity index is 210. The highest BCUT2D eigenvalue weighted by atomic mass is 32.2. The monoisotopic (exact) mass is 278 g/mol. The Morgan fingerprint density at radius 2 is 1.94 bits per heavy atom.